The lowest BCUT2D eigenvalue weighted by molar-refractivity contribution is -0.908. The zero-order valence-electron chi connectivity index (χ0n) is 18.5. The number of ether oxygens (including phenoxy) is 2. The van der Waals surface area contributed by atoms with E-state index in [-0.39, 0.29) is 11.1 Å². The average molecular weight is 454 g/mol. The molecule has 4 rings (SSSR count). The molecule has 2 aliphatic rings. The molecule has 0 saturated carbocycles. The molecule has 33 heavy (non-hydrogen) atoms. The first kappa shape index (κ1) is 22.9. The lowest BCUT2D eigenvalue weighted by Crippen LogP contribution is -3.14. The van der Waals surface area contributed by atoms with Crippen LogP contribution < -0.4 is 14.7 Å². The normalized spacial score (nSPS) is 20.9. The van der Waals surface area contributed by atoms with Gasteiger partial charge in [-0.1, -0.05) is 30.0 Å². The van der Waals surface area contributed by atoms with Crippen LogP contribution in [0.25, 0.3) is 5.76 Å². The van der Waals surface area contributed by atoms with Crippen molar-refractivity contribution in [3.8, 4) is 5.75 Å². The lowest BCUT2D eigenvalue weighted by Gasteiger charge is -2.29. The summed E-state index contributed by atoms with van der Waals surface area (Å²) < 4.78 is 24.6. The number of ketones is 1. The third-order valence-corrected chi connectivity index (χ3v) is 6.18. The Kier molecular flexibility index (Phi) is 7.05. The molecule has 1 unspecified atom stereocenters. The summed E-state index contributed by atoms with van der Waals surface area (Å²) in [6, 6.07) is 11.2. The number of methoxy groups -OCH3 is 1. The number of carbonyl (C=O) groups is 2. The van der Waals surface area contributed by atoms with Crippen molar-refractivity contribution in [2.75, 3.05) is 46.5 Å². The molecule has 2 fully saturated rings. The first-order valence-corrected chi connectivity index (χ1v) is 11.1. The van der Waals surface area contributed by atoms with Gasteiger partial charge in [0.15, 0.2) is 0 Å². The van der Waals surface area contributed by atoms with Gasteiger partial charge in [0.05, 0.1) is 32.9 Å². The number of carbonyl (C=O) groups excluding carboxylic acids is 2. The number of halogens is 1. The van der Waals surface area contributed by atoms with Crippen LogP contribution >= 0.6 is 0 Å². The molecule has 1 N–H and O–H groups in total. The Morgan fingerprint density at radius 3 is 2.58 bits per heavy atom. The van der Waals surface area contributed by atoms with Crippen LogP contribution in [-0.2, 0) is 14.3 Å². The SMILES string of the molecule is COc1ccc(/C([O-])=C2\C(=O)C(=O)N(CCC[NH+]3CCOCC3)C2c2cccc(F)c2)cc1. The number of Topliss-reactive ketones (excluding diaryl/α,β-unsaturated/α-hetero) is 1. The van der Waals surface area contributed by atoms with E-state index in [1.54, 1.807) is 30.3 Å². The average Bonchev–Trinajstić information content (AvgIpc) is 3.09. The molecule has 1 amide bonds. The summed E-state index contributed by atoms with van der Waals surface area (Å²) in [4.78, 5) is 28.7. The van der Waals surface area contributed by atoms with Crippen molar-refractivity contribution in [2.45, 2.75) is 12.5 Å². The van der Waals surface area contributed by atoms with Gasteiger partial charge in [0.25, 0.3) is 5.91 Å². The number of nitrogens with zero attached hydrogens (tertiary/aromatic N) is 1. The molecule has 0 spiro atoms. The maximum absolute atomic E-state index is 14.1. The van der Waals surface area contributed by atoms with Gasteiger partial charge < -0.3 is 24.4 Å². The van der Waals surface area contributed by atoms with Gasteiger partial charge in [-0.05, 0) is 35.4 Å². The summed E-state index contributed by atoms with van der Waals surface area (Å²) in [6.07, 6.45) is 0.657. The van der Waals surface area contributed by atoms with Gasteiger partial charge in [0.1, 0.15) is 24.7 Å². The van der Waals surface area contributed by atoms with Crippen molar-refractivity contribution < 1.29 is 33.5 Å². The van der Waals surface area contributed by atoms with Crippen LogP contribution in [-0.4, -0.2) is 63.1 Å². The number of quaternary nitrogens is 1. The number of amides is 1. The maximum Gasteiger partial charge on any atom is 0.295 e. The molecular formula is C25H27FN2O5. The van der Waals surface area contributed by atoms with Gasteiger partial charge in [-0.2, -0.15) is 0 Å². The topological polar surface area (TPSA) is 83.3 Å². The minimum absolute atomic E-state index is 0.144. The molecule has 174 valence electrons. The molecule has 7 nitrogen and oxygen atoms in total. The Morgan fingerprint density at radius 2 is 1.91 bits per heavy atom. The third-order valence-electron chi connectivity index (χ3n) is 6.18. The van der Waals surface area contributed by atoms with E-state index in [1.807, 2.05) is 0 Å². The maximum atomic E-state index is 14.1. The number of morpholine rings is 1. The van der Waals surface area contributed by atoms with Crippen LogP contribution in [0, 0.1) is 5.82 Å². The van der Waals surface area contributed by atoms with Crippen LogP contribution in [0.4, 0.5) is 4.39 Å². The summed E-state index contributed by atoms with van der Waals surface area (Å²) >= 11 is 0. The minimum atomic E-state index is -0.921. The van der Waals surface area contributed by atoms with Gasteiger partial charge >= 0.3 is 0 Å². The summed E-state index contributed by atoms with van der Waals surface area (Å²) in [5, 5.41) is 13.3. The molecule has 0 aliphatic carbocycles. The molecule has 1 atom stereocenters. The van der Waals surface area contributed by atoms with E-state index in [9.17, 15) is 19.1 Å². The number of nitrogens with one attached hydrogen (secondary N) is 1. The molecule has 2 saturated heterocycles. The van der Waals surface area contributed by atoms with Crippen molar-refractivity contribution >= 4 is 17.4 Å². The van der Waals surface area contributed by atoms with Crippen LogP contribution in [0.15, 0.2) is 54.1 Å². The highest BCUT2D eigenvalue weighted by atomic mass is 19.1. The second kappa shape index (κ2) is 10.1. The smallest absolute Gasteiger partial charge is 0.295 e. The Labute approximate surface area is 192 Å². The number of hydrogen-bond acceptors (Lipinski definition) is 5. The first-order chi connectivity index (χ1) is 16.0. The van der Waals surface area contributed by atoms with E-state index in [1.165, 1.54) is 35.1 Å². The number of hydrogen-bond donors (Lipinski definition) is 1. The zero-order chi connectivity index (χ0) is 23.4. The standard InChI is InChI=1S/C25H27FN2O5/c1-32-20-8-6-17(7-9-20)23(29)21-22(18-4-2-5-19(26)16-18)28(25(31)24(21)30)11-3-10-27-12-14-33-15-13-27/h2,4-9,16,22,29H,3,10-15H2,1H3/b23-21+. The molecule has 2 aromatic carbocycles. The quantitative estimate of drug-likeness (QED) is 0.371. The van der Waals surface area contributed by atoms with Crippen LogP contribution in [0.2, 0.25) is 0 Å². The van der Waals surface area contributed by atoms with Gasteiger partial charge in [-0.25, -0.2) is 4.39 Å². The van der Waals surface area contributed by atoms with Crippen molar-refractivity contribution in [1.29, 1.82) is 0 Å². The number of benzene rings is 2. The van der Waals surface area contributed by atoms with E-state index in [0.717, 1.165) is 19.6 Å². The molecule has 2 heterocycles. The number of likely N-dealkylation sites (tertiary alicyclic amines) is 1. The Morgan fingerprint density at radius 1 is 1.18 bits per heavy atom. The monoisotopic (exact) mass is 454 g/mol. The minimum Gasteiger partial charge on any atom is -0.872 e. The Bertz CT molecular complexity index is 1050. The van der Waals surface area contributed by atoms with Gasteiger partial charge in [-0.15, -0.1) is 0 Å². The molecule has 0 bridgehead atoms. The van der Waals surface area contributed by atoms with E-state index in [4.69, 9.17) is 9.47 Å². The van der Waals surface area contributed by atoms with Gasteiger partial charge in [0.2, 0.25) is 5.78 Å². The predicted octanol–water partition coefficient (Wildman–Crippen LogP) is 0.364. The number of rotatable bonds is 7. The van der Waals surface area contributed by atoms with Crippen LogP contribution in [0.3, 0.4) is 0 Å². The second-order valence-corrected chi connectivity index (χ2v) is 8.22. The van der Waals surface area contributed by atoms with Crippen molar-refractivity contribution in [3.05, 3.63) is 71.0 Å². The highest BCUT2D eigenvalue weighted by Gasteiger charge is 2.44. The molecular weight excluding hydrogens is 427 g/mol. The fraction of sp³-hybridized carbons (Fsp3) is 0.360. The summed E-state index contributed by atoms with van der Waals surface area (Å²) in [7, 11) is 1.52. The molecule has 0 aromatic heterocycles. The van der Waals surface area contributed by atoms with Crippen molar-refractivity contribution in [1.82, 2.24) is 4.90 Å². The molecule has 8 heteroatoms. The molecule has 2 aliphatic heterocycles. The highest BCUT2D eigenvalue weighted by Crippen LogP contribution is 2.39. The summed E-state index contributed by atoms with van der Waals surface area (Å²) in [6.45, 7) is 4.32. The van der Waals surface area contributed by atoms with Crippen LogP contribution in [0.5, 0.6) is 5.75 Å². The molecule has 0 radical (unpaired) electrons. The van der Waals surface area contributed by atoms with E-state index < -0.39 is 29.3 Å². The van der Waals surface area contributed by atoms with Crippen LogP contribution in [0.1, 0.15) is 23.6 Å². The van der Waals surface area contributed by atoms with E-state index >= 15 is 0 Å². The van der Waals surface area contributed by atoms with Crippen molar-refractivity contribution in [3.63, 3.8) is 0 Å². The lowest BCUT2D eigenvalue weighted by atomic mass is 9.95. The van der Waals surface area contributed by atoms with E-state index in [0.29, 0.717) is 37.5 Å². The fourth-order valence-electron chi connectivity index (χ4n) is 4.43. The Balaban J connectivity index is 1.66. The largest absolute Gasteiger partial charge is 0.872 e. The second-order valence-electron chi connectivity index (χ2n) is 8.22. The predicted molar refractivity (Wildman–Crippen MR) is 117 cm³/mol. The fourth-order valence-corrected chi connectivity index (χ4v) is 4.43. The first-order valence-electron chi connectivity index (χ1n) is 11.1. The zero-order valence-corrected chi connectivity index (χ0v) is 18.5. The van der Waals surface area contributed by atoms with Gasteiger partial charge in [-0.3, -0.25) is 9.59 Å². The summed E-state index contributed by atoms with van der Waals surface area (Å²) in [5.41, 5.74) is 0.534. The Hall–Kier alpha value is -3.23. The van der Waals surface area contributed by atoms with Gasteiger partial charge in [0, 0.05) is 18.5 Å². The third kappa shape index (κ3) is 4.91. The molecule has 2 aromatic rings. The summed E-state index contributed by atoms with van der Waals surface area (Å²) in [5.74, 6) is -2.01. The highest BCUT2D eigenvalue weighted by molar-refractivity contribution is 6.46. The van der Waals surface area contributed by atoms with Crippen molar-refractivity contribution in [2.24, 2.45) is 0 Å². The van der Waals surface area contributed by atoms with E-state index in [2.05, 4.69) is 0 Å².